The number of halogens is 1. The summed E-state index contributed by atoms with van der Waals surface area (Å²) >= 11 is 1.22. The summed E-state index contributed by atoms with van der Waals surface area (Å²) in [4.78, 5) is 10.9. The second-order valence-corrected chi connectivity index (χ2v) is 7.20. The first kappa shape index (κ1) is 20.4. The van der Waals surface area contributed by atoms with E-state index in [4.69, 9.17) is 11.2 Å². The lowest BCUT2D eigenvalue weighted by Gasteiger charge is -2.14. The van der Waals surface area contributed by atoms with Crippen molar-refractivity contribution in [1.29, 1.82) is 0 Å². The van der Waals surface area contributed by atoms with Gasteiger partial charge in [-0.1, -0.05) is 29.8 Å². The summed E-state index contributed by atoms with van der Waals surface area (Å²) in [5.41, 5.74) is 1.42. The van der Waals surface area contributed by atoms with Crippen LogP contribution in [0.5, 0.6) is 5.75 Å². The van der Waals surface area contributed by atoms with Crippen LogP contribution in [0.4, 0.5) is 4.39 Å². The van der Waals surface area contributed by atoms with Crippen LogP contribution in [0.1, 0.15) is 16.6 Å². The molecule has 0 bridgehead atoms. The molecule has 0 aliphatic rings. The molecule has 7 nitrogen and oxygen atoms in total. The van der Waals surface area contributed by atoms with E-state index in [9.17, 15) is 14.5 Å². The Labute approximate surface area is 171 Å². The van der Waals surface area contributed by atoms with Gasteiger partial charge in [-0.3, -0.25) is 14.7 Å². The first-order valence-corrected chi connectivity index (χ1v) is 9.48. The zero-order chi connectivity index (χ0) is 20.8. The van der Waals surface area contributed by atoms with E-state index in [0.717, 1.165) is 5.56 Å². The van der Waals surface area contributed by atoms with Crippen molar-refractivity contribution in [3.63, 3.8) is 0 Å². The summed E-state index contributed by atoms with van der Waals surface area (Å²) in [6.45, 7) is 1.61. The highest BCUT2D eigenvalue weighted by Crippen LogP contribution is 2.36. The zero-order valence-electron chi connectivity index (χ0n) is 15.5. The Morgan fingerprint density at radius 2 is 1.93 bits per heavy atom. The minimum absolute atomic E-state index is 0.145. The molecule has 1 atom stereocenters. The van der Waals surface area contributed by atoms with Crippen LogP contribution in [0.3, 0.4) is 0 Å². The largest absolute Gasteiger partial charge is 0.481 e. The van der Waals surface area contributed by atoms with E-state index in [-0.39, 0.29) is 23.9 Å². The third-order valence-corrected chi connectivity index (χ3v) is 5.20. The summed E-state index contributed by atoms with van der Waals surface area (Å²) in [7, 11) is 0. The van der Waals surface area contributed by atoms with Crippen LogP contribution in [0.25, 0.3) is 5.69 Å². The number of hydrogen-bond acceptors (Lipinski definition) is 6. The zero-order valence-corrected chi connectivity index (χ0v) is 16.3. The number of aryl methyl sites for hydroxylation is 1. The number of nitro groups is 1. The number of thioether (sulfide) groups is 1. The molecule has 3 aromatic rings. The molecular weight excluding hydrogens is 395 g/mol. The van der Waals surface area contributed by atoms with Crippen LogP contribution >= 0.6 is 11.8 Å². The molecule has 0 unspecified atom stereocenters. The van der Waals surface area contributed by atoms with Crippen molar-refractivity contribution in [3.8, 4) is 23.8 Å². The Bertz CT molecular complexity index is 1030. The molecule has 0 saturated heterocycles. The van der Waals surface area contributed by atoms with Crippen molar-refractivity contribution in [2.45, 2.75) is 17.3 Å². The SMILES string of the molecule is C#CCOc1ccc([C@@H](C[N+](=O)[O-])Sc2nnc(C)n2-c2ccc(F)cc2)cc1. The molecule has 1 heterocycles. The van der Waals surface area contributed by atoms with Crippen molar-refractivity contribution in [2.24, 2.45) is 0 Å². The summed E-state index contributed by atoms with van der Waals surface area (Å²) < 4.78 is 20.4. The molecule has 0 fully saturated rings. The Morgan fingerprint density at radius 1 is 1.24 bits per heavy atom. The minimum atomic E-state index is -0.505. The fourth-order valence-corrected chi connectivity index (χ4v) is 3.86. The first-order valence-electron chi connectivity index (χ1n) is 8.60. The van der Waals surface area contributed by atoms with Gasteiger partial charge in [0.2, 0.25) is 6.54 Å². The van der Waals surface area contributed by atoms with Crippen molar-refractivity contribution in [2.75, 3.05) is 13.2 Å². The number of ether oxygens (including phenoxy) is 1. The fourth-order valence-electron chi connectivity index (χ4n) is 2.68. The van der Waals surface area contributed by atoms with Gasteiger partial charge in [0.1, 0.15) is 29.2 Å². The van der Waals surface area contributed by atoms with E-state index in [0.29, 0.717) is 22.4 Å². The van der Waals surface area contributed by atoms with Crippen LogP contribution in [0.15, 0.2) is 53.7 Å². The molecule has 3 rings (SSSR count). The predicted molar refractivity (Wildman–Crippen MR) is 107 cm³/mol. The number of terminal acetylenes is 1. The Kier molecular flexibility index (Phi) is 6.46. The molecule has 0 spiro atoms. The molecule has 1 aromatic heterocycles. The van der Waals surface area contributed by atoms with Crippen molar-refractivity contribution in [3.05, 3.63) is 75.9 Å². The van der Waals surface area contributed by atoms with E-state index in [1.807, 2.05) is 0 Å². The number of nitrogens with zero attached hydrogens (tertiary/aromatic N) is 4. The van der Waals surface area contributed by atoms with Gasteiger partial charge in [0.05, 0.1) is 0 Å². The van der Waals surface area contributed by atoms with Gasteiger partial charge in [-0.25, -0.2) is 4.39 Å². The van der Waals surface area contributed by atoms with Crippen LogP contribution in [-0.4, -0.2) is 32.8 Å². The molecule has 0 aliphatic heterocycles. The van der Waals surface area contributed by atoms with Crippen molar-refractivity contribution < 1.29 is 14.1 Å². The lowest BCUT2D eigenvalue weighted by atomic mass is 10.1. The third-order valence-electron chi connectivity index (χ3n) is 4.02. The maximum atomic E-state index is 13.3. The number of aromatic nitrogens is 3. The highest BCUT2D eigenvalue weighted by molar-refractivity contribution is 7.99. The molecular formula is C20H17FN4O3S. The van der Waals surface area contributed by atoms with Gasteiger partial charge in [-0.15, -0.1) is 16.6 Å². The predicted octanol–water partition coefficient (Wildman–Crippen LogP) is 3.84. The minimum Gasteiger partial charge on any atom is -0.481 e. The van der Waals surface area contributed by atoms with Gasteiger partial charge in [0.15, 0.2) is 5.16 Å². The molecule has 0 amide bonds. The number of benzene rings is 2. The van der Waals surface area contributed by atoms with E-state index >= 15 is 0 Å². The normalized spacial score (nSPS) is 11.6. The lowest BCUT2D eigenvalue weighted by molar-refractivity contribution is -0.479. The average Bonchev–Trinajstić information content (AvgIpc) is 3.07. The van der Waals surface area contributed by atoms with Crippen LogP contribution in [0.2, 0.25) is 0 Å². The molecule has 0 radical (unpaired) electrons. The molecule has 0 saturated carbocycles. The second kappa shape index (κ2) is 9.21. The Morgan fingerprint density at radius 3 is 2.55 bits per heavy atom. The Hall–Kier alpha value is -3.38. The second-order valence-electron chi connectivity index (χ2n) is 6.03. The third kappa shape index (κ3) is 5.12. The molecule has 0 N–H and O–H groups in total. The summed E-state index contributed by atoms with van der Waals surface area (Å²) in [6, 6.07) is 12.9. The van der Waals surface area contributed by atoms with E-state index in [1.54, 1.807) is 47.9 Å². The average molecular weight is 412 g/mol. The van der Waals surface area contributed by atoms with Crippen LogP contribution < -0.4 is 4.74 Å². The van der Waals surface area contributed by atoms with E-state index in [1.165, 1.54) is 23.9 Å². The highest BCUT2D eigenvalue weighted by Gasteiger charge is 2.23. The molecule has 2 aromatic carbocycles. The number of hydrogen-bond donors (Lipinski definition) is 0. The topological polar surface area (TPSA) is 83.1 Å². The van der Waals surface area contributed by atoms with Gasteiger partial charge in [-0.2, -0.15) is 0 Å². The molecule has 148 valence electrons. The standard InChI is InChI=1S/C20H17FN4O3S/c1-3-12-28-18-10-4-15(5-11-18)19(13-24(26)27)29-20-23-22-14(2)25(20)17-8-6-16(21)7-9-17/h1,4-11,19H,12-13H2,2H3/t19-/m1/s1. The molecule has 0 aliphatic carbocycles. The van der Waals surface area contributed by atoms with E-state index in [2.05, 4.69) is 16.1 Å². The highest BCUT2D eigenvalue weighted by atomic mass is 32.2. The summed E-state index contributed by atoms with van der Waals surface area (Å²) in [5.74, 6) is 3.21. The van der Waals surface area contributed by atoms with Gasteiger partial charge >= 0.3 is 0 Å². The lowest BCUT2D eigenvalue weighted by Crippen LogP contribution is -2.11. The molecule has 29 heavy (non-hydrogen) atoms. The molecule has 9 heteroatoms. The smallest absolute Gasteiger partial charge is 0.220 e. The van der Waals surface area contributed by atoms with Gasteiger partial charge < -0.3 is 4.74 Å². The van der Waals surface area contributed by atoms with Crippen molar-refractivity contribution >= 4 is 11.8 Å². The van der Waals surface area contributed by atoms with Crippen LogP contribution in [-0.2, 0) is 0 Å². The summed E-state index contributed by atoms with van der Waals surface area (Å²) in [6.07, 6.45) is 5.18. The van der Waals surface area contributed by atoms with Crippen molar-refractivity contribution in [1.82, 2.24) is 14.8 Å². The quantitative estimate of drug-likeness (QED) is 0.242. The van der Waals surface area contributed by atoms with Gasteiger partial charge in [0, 0.05) is 10.6 Å². The number of rotatable bonds is 8. The maximum absolute atomic E-state index is 13.3. The Balaban J connectivity index is 1.89. The van der Waals surface area contributed by atoms with Crippen LogP contribution in [0, 0.1) is 35.2 Å². The monoisotopic (exact) mass is 412 g/mol. The van der Waals surface area contributed by atoms with Gasteiger partial charge in [-0.05, 0) is 48.9 Å². The van der Waals surface area contributed by atoms with Gasteiger partial charge in [0.25, 0.3) is 0 Å². The first-order chi connectivity index (χ1) is 14.0. The van der Waals surface area contributed by atoms with E-state index < -0.39 is 5.25 Å². The summed E-state index contributed by atoms with van der Waals surface area (Å²) in [5, 5.41) is 19.5. The maximum Gasteiger partial charge on any atom is 0.220 e. The fraction of sp³-hybridized carbons (Fsp3) is 0.200.